The van der Waals surface area contributed by atoms with Gasteiger partial charge in [0.1, 0.15) is 11.2 Å². The van der Waals surface area contributed by atoms with Crippen LogP contribution in [0.4, 0.5) is 0 Å². The molecule has 2 rings (SSSR count). The minimum atomic E-state index is -1.24. The molecule has 0 bridgehead atoms. The van der Waals surface area contributed by atoms with Gasteiger partial charge in [-0.25, -0.2) is 9.78 Å². The maximum atomic E-state index is 11.5. The summed E-state index contributed by atoms with van der Waals surface area (Å²) in [6.07, 6.45) is 2.68. The van der Waals surface area contributed by atoms with Gasteiger partial charge in [-0.2, -0.15) is 0 Å². The Labute approximate surface area is 90.2 Å². The van der Waals surface area contributed by atoms with Crippen LogP contribution in [0.25, 0.3) is 11.0 Å². The van der Waals surface area contributed by atoms with Gasteiger partial charge in [-0.05, 0) is 12.1 Å². The van der Waals surface area contributed by atoms with Crippen molar-refractivity contribution < 1.29 is 9.90 Å². The van der Waals surface area contributed by atoms with Crippen molar-refractivity contribution in [2.75, 3.05) is 0 Å². The zero-order valence-corrected chi connectivity index (χ0v) is 8.25. The van der Waals surface area contributed by atoms with Crippen molar-refractivity contribution in [3.05, 3.63) is 40.3 Å². The number of carboxylic acids is 1. The number of H-pyrrole nitrogens is 1. The largest absolute Gasteiger partial charge is 0.477 e. The second kappa shape index (κ2) is 4.10. The van der Waals surface area contributed by atoms with Gasteiger partial charge in [0.15, 0.2) is 0 Å². The monoisotopic (exact) mass is 226 g/mol. The third kappa shape index (κ3) is 1.82. The summed E-state index contributed by atoms with van der Waals surface area (Å²) in [4.78, 5) is 28.7. The van der Waals surface area contributed by atoms with Crippen molar-refractivity contribution in [3.8, 4) is 0 Å². The van der Waals surface area contributed by atoms with Gasteiger partial charge >= 0.3 is 5.97 Å². The van der Waals surface area contributed by atoms with Crippen LogP contribution < -0.4 is 5.43 Å². The number of carbonyl (C=O) groups is 1. The summed E-state index contributed by atoms with van der Waals surface area (Å²) in [7, 11) is 0. The van der Waals surface area contributed by atoms with Gasteiger partial charge in [-0.3, -0.25) is 4.79 Å². The molecule has 2 N–H and O–H groups in total. The fourth-order valence-corrected chi connectivity index (χ4v) is 1.21. The second-order valence-corrected chi connectivity index (χ2v) is 2.74. The molecule has 0 unspecified atom stereocenters. The molecule has 0 fully saturated rings. The predicted molar refractivity (Wildman–Crippen MR) is 56.6 cm³/mol. The number of aromatic nitrogens is 2. The summed E-state index contributed by atoms with van der Waals surface area (Å²) in [5.41, 5.74) is -0.396. The molecule has 0 saturated carbocycles. The van der Waals surface area contributed by atoms with Crippen LogP contribution in [-0.4, -0.2) is 21.0 Å². The Balaban J connectivity index is 0.00000112. The third-order valence-corrected chi connectivity index (χ3v) is 1.88. The average molecular weight is 227 g/mol. The van der Waals surface area contributed by atoms with Crippen LogP contribution in [0.2, 0.25) is 0 Å². The van der Waals surface area contributed by atoms with Gasteiger partial charge < -0.3 is 10.1 Å². The minimum Gasteiger partial charge on any atom is -0.477 e. The lowest BCUT2D eigenvalue weighted by Gasteiger charge is -1.97. The van der Waals surface area contributed by atoms with E-state index in [0.717, 1.165) is 6.20 Å². The summed E-state index contributed by atoms with van der Waals surface area (Å²) in [6.45, 7) is 0. The van der Waals surface area contributed by atoms with Crippen molar-refractivity contribution >= 4 is 29.4 Å². The Kier molecular flexibility index (Phi) is 3.06. The molecule has 0 radical (unpaired) electrons. The van der Waals surface area contributed by atoms with Gasteiger partial charge in [0.25, 0.3) is 0 Å². The van der Waals surface area contributed by atoms with Crippen LogP contribution in [0, 0.1) is 0 Å². The minimum absolute atomic E-state index is 0. The number of hydrogen-bond donors (Lipinski definition) is 2. The zero-order valence-electron chi connectivity index (χ0n) is 7.43. The highest BCUT2D eigenvalue weighted by molar-refractivity contribution is 5.91. The normalized spacial score (nSPS) is 9.60. The number of carboxylic acid groups (broad SMARTS) is 1. The van der Waals surface area contributed by atoms with Crippen LogP contribution in [-0.2, 0) is 0 Å². The standard InChI is InChI=1S/C9H6N2O3.ClH/c12-7-5-2-1-3-10-8(5)11-4-6(7)9(13)14;/h1-4H,(H,13,14)(H,10,11,12);1H. The van der Waals surface area contributed by atoms with E-state index >= 15 is 0 Å². The average Bonchev–Trinajstić information content (AvgIpc) is 2.18. The van der Waals surface area contributed by atoms with E-state index in [0.29, 0.717) is 5.65 Å². The van der Waals surface area contributed by atoms with Crippen molar-refractivity contribution in [2.45, 2.75) is 0 Å². The molecule has 0 aliphatic rings. The topological polar surface area (TPSA) is 83.0 Å². The smallest absolute Gasteiger partial charge is 0.341 e. The first-order valence-electron chi connectivity index (χ1n) is 3.90. The Morgan fingerprint density at radius 1 is 1.47 bits per heavy atom. The SMILES string of the molecule is Cl.O=C(O)c1c[nH]c2ncccc2c1=O. The fraction of sp³-hybridized carbons (Fsp3) is 0. The van der Waals surface area contributed by atoms with Gasteiger partial charge in [0.2, 0.25) is 5.43 Å². The van der Waals surface area contributed by atoms with E-state index in [1.165, 1.54) is 12.3 Å². The van der Waals surface area contributed by atoms with Crippen LogP contribution in [0.15, 0.2) is 29.3 Å². The van der Waals surface area contributed by atoms with Gasteiger partial charge in [0, 0.05) is 12.4 Å². The van der Waals surface area contributed by atoms with Gasteiger partial charge in [-0.15, -0.1) is 12.4 Å². The molecule has 6 heteroatoms. The molecule has 0 aromatic carbocycles. The van der Waals surface area contributed by atoms with E-state index in [-0.39, 0.29) is 23.4 Å². The number of aromatic carboxylic acids is 1. The Morgan fingerprint density at radius 3 is 2.87 bits per heavy atom. The van der Waals surface area contributed by atoms with Crippen molar-refractivity contribution in [1.82, 2.24) is 9.97 Å². The van der Waals surface area contributed by atoms with Crippen LogP contribution in [0.5, 0.6) is 0 Å². The molecule has 0 spiro atoms. The molecule has 0 saturated heterocycles. The fourth-order valence-electron chi connectivity index (χ4n) is 1.21. The van der Waals surface area contributed by atoms with E-state index in [1.54, 1.807) is 6.07 Å². The maximum Gasteiger partial charge on any atom is 0.341 e. The van der Waals surface area contributed by atoms with E-state index < -0.39 is 11.4 Å². The van der Waals surface area contributed by atoms with Crippen LogP contribution in [0.1, 0.15) is 10.4 Å². The van der Waals surface area contributed by atoms with Crippen LogP contribution in [0.3, 0.4) is 0 Å². The van der Waals surface area contributed by atoms with E-state index in [9.17, 15) is 9.59 Å². The molecule has 78 valence electrons. The lowest BCUT2D eigenvalue weighted by molar-refractivity contribution is 0.0695. The molecule has 0 atom stereocenters. The highest BCUT2D eigenvalue weighted by atomic mass is 35.5. The van der Waals surface area contributed by atoms with Crippen molar-refractivity contribution in [2.24, 2.45) is 0 Å². The first-order valence-corrected chi connectivity index (χ1v) is 3.90. The number of pyridine rings is 2. The van der Waals surface area contributed by atoms with Gasteiger partial charge in [0.05, 0.1) is 5.39 Å². The van der Waals surface area contributed by atoms with E-state index in [2.05, 4.69) is 9.97 Å². The number of nitrogens with one attached hydrogen (secondary N) is 1. The number of aromatic amines is 1. The molecular formula is C9H7ClN2O3. The van der Waals surface area contributed by atoms with Crippen LogP contribution >= 0.6 is 12.4 Å². The summed E-state index contributed by atoms with van der Waals surface area (Å²) in [5.74, 6) is -1.24. The molecule has 15 heavy (non-hydrogen) atoms. The molecular weight excluding hydrogens is 220 g/mol. The molecule has 5 nitrogen and oxygen atoms in total. The number of rotatable bonds is 1. The lowest BCUT2D eigenvalue weighted by Crippen LogP contribution is -2.15. The molecule has 2 aromatic heterocycles. The van der Waals surface area contributed by atoms with Crippen molar-refractivity contribution in [1.29, 1.82) is 0 Å². The maximum absolute atomic E-state index is 11.5. The Morgan fingerprint density at radius 2 is 2.20 bits per heavy atom. The summed E-state index contributed by atoms with van der Waals surface area (Å²) in [5, 5.41) is 8.97. The van der Waals surface area contributed by atoms with E-state index in [1.807, 2.05) is 0 Å². The number of hydrogen-bond acceptors (Lipinski definition) is 3. The first kappa shape index (κ1) is 11.2. The molecule has 0 aliphatic heterocycles. The second-order valence-electron chi connectivity index (χ2n) is 2.74. The van der Waals surface area contributed by atoms with E-state index in [4.69, 9.17) is 5.11 Å². The molecule has 2 aromatic rings. The highest BCUT2D eigenvalue weighted by Gasteiger charge is 2.10. The summed E-state index contributed by atoms with van der Waals surface area (Å²) < 4.78 is 0. The number of nitrogens with zero attached hydrogens (tertiary/aromatic N) is 1. The summed E-state index contributed by atoms with van der Waals surface area (Å²) in [6, 6.07) is 3.12. The predicted octanol–water partition coefficient (Wildman–Crippen LogP) is 1.04. The quantitative estimate of drug-likeness (QED) is 0.761. The third-order valence-electron chi connectivity index (χ3n) is 1.88. The first-order chi connectivity index (χ1) is 6.70. The van der Waals surface area contributed by atoms with Gasteiger partial charge in [-0.1, -0.05) is 0 Å². The summed E-state index contributed by atoms with van der Waals surface area (Å²) >= 11 is 0. The molecule has 0 amide bonds. The molecule has 0 aliphatic carbocycles. The highest BCUT2D eigenvalue weighted by Crippen LogP contribution is 2.03. The molecule has 2 heterocycles. The number of fused-ring (bicyclic) bond motifs is 1. The zero-order chi connectivity index (χ0) is 10.1. The Hall–Kier alpha value is -1.88. The Bertz CT molecular complexity index is 565. The number of halogens is 1. The lowest BCUT2D eigenvalue weighted by atomic mass is 10.2. The van der Waals surface area contributed by atoms with Crippen molar-refractivity contribution in [3.63, 3.8) is 0 Å².